The van der Waals surface area contributed by atoms with E-state index in [1.165, 1.54) is 18.4 Å². The molecule has 1 aromatic heterocycles. The highest BCUT2D eigenvalue weighted by Crippen LogP contribution is 2.47. The van der Waals surface area contributed by atoms with Gasteiger partial charge in [-0.3, -0.25) is 9.69 Å². The summed E-state index contributed by atoms with van der Waals surface area (Å²) >= 11 is 0. The maximum absolute atomic E-state index is 13.3. The molecular formula is C22H26N2O4. The van der Waals surface area contributed by atoms with E-state index < -0.39 is 0 Å². The van der Waals surface area contributed by atoms with Crippen molar-refractivity contribution in [2.45, 2.75) is 30.8 Å². The summed E-state index contributed by atoms with van der Waals surface area (Å²) in [4.78, 5) is 18.0. The van der Waals surface area contributed by atoms with E-state index in [-0.39, 0.29) is 11.9 Å². The van der Waals surface area contributed by atoms with E-state index in [2.05, 4.69) is 21.9 Å². The molecule has 28 heavy (non-hydrogen) atoms. The van der Waals surface area contributed by atoms with Crippen molar-refractivity contribution in [2.75, 3.05) is 33.9 Å². The van der Waals surface area contributed by atoms with Crippen LogP contribution < -0.4 is 9.47 Å². The first-order chi connectivity index (χ1) is 13.7. The lowest BCUT2D eigenvalue weighted by Crippen LogP contribution is -2.60. The minimum absolute atomic E-state index is 0.0249. The number of carbonyl (C=O) groups is 1. The zero-order valence-electron chi connectivity index (χ0n) is 16.3. The van der Waals surface area contributed by atoms with Gasteiger partial charge in [0.1, 0.15) is 5.75 Å². The number of amides is 1. The molecule has 1 amide bonds. The zero-order valence-corrected chi connectivity index (χ0v) is 16.3. The summed E-state index contributed by atoms with van der Waals surface area (Å²) in [5, 5.41) is 0. The van der Waals surface area contributed by atoms with E-state index in [0.717, 1.165) is 25.4 Å². The topological polar surface area (TPSA) is 55.1 Å². The Morgan fingerprint density at radius 2 is 1.75 bits per heavy atom. The largest absolute Gasteiger partial charge is 0.497 e. The molecule has 2 bridgehead atoms. The van der Waals surface area contributed by atoms with E-state index >= 15 is 0 Å². The van der Waals surface area contributed by atoms with Crippen LogP contribution in [0.4, 0.5) is 0 Å². The Bertz CT molecular complexity index is 854. The van der Waals surface area contributed by atoms with Crippen molar-refractivity contribution < 1.29 is 18.7 Å². The van der Waals surface area contributed by atoms with Gasteiger partial charge < -0.3 is 18.8 Å². The Balaban J connectivity index is 1.48. The third kappa shape index (κ3) is 2.70. The van der Waals surface area contributed by atoms with Gasteiger partial charge in [0.2, 0.25) is 0 Å². The molecule has 4 saturated heterocycles. The third-order valence-electron chi connectivity index (χ3n) is 6.79. The van der Waals surface area contributed by atoms with Gasteiger partial charge in [0, 0.05) is 24.6 Å². The highest BCUT2D eigenvalue weighted by atomic mass is 16.6. The number of fused-ring (bicyclic) bond motifs is 2. The minimum atomic E-state index is -0.0249. The number of ether oxygens (including phenoxy) is 2. The molecule has 0 N–H and O–H groups in total. The summed E-state index contributed by atoms with van der Waals surface area (Å²) in [6.07, 6.45) is 2.34. The number of rotatable bonds is 4. The molecule has 4 aliphatic heterocycles. The normalized spacial score (nSPS) is 30.9. The summed E-state index contributed by atoms with van der Waals surface area (Å²) < 4.78 is 16.0. The van der Waals surface area contributed by atoms with E-state index in [4.69, 9.17) is 13.9 Å². The zero-order chi connectivity index (χ0) is 19.3. The number of methoxy groups -OCH3 is 2. The van der Waals surface area contributed by atoms with Crippen LogP contribution in [0.3, 0.4) is 0 Å². The summed E-state index contributed by atoms with van der Waals surface area (Å²) in [5.74, 6) is 2.45. The molecule has 0 aliphatic carbocycles. The quantitative estimate of drug-likeness (QED) is 0.814. The molecule has 0 spiro atoms. The van der Waals surface area contributed by atoms with Crippen LogP contribution in [0.15, 0.2) is 40.8 Å². The molecule has 3 atom stereocenters. The number of hydrogen-bond acceptors (Lipinski definition) is 5. The Hall–Kier alpha value is -2.47. The fraction of sp³-hybridized carbons (Fsp3) is 0.500. The van der Waals surface area contributed by atoms with Gasteiger partial charge in [-0.05, 0) is 55.6 Å². The average molecular weight is 382 g/mol. The van der Waals surface area contributed by atoms with Crippen molar-refractivity contribution >= 4 is 5.91 Å². The molecule has 6 heteroatoms. The molecule has 1 aromatic carbocycles. The Morgan fingerprint density at radius 3 is 2.39 bits per heavy atom. The average Bonchev–Trinajstić information content (AvgIpc) is 3.40. The second-order valence-electron chi connectivity index (χ2n) is 8.01. The van der Waals surface area contributed by atoms with Crippen molar-refractivity contribution in [3.63, 3.8) is 0 Å². The van der Waals surface area contributed by atoms with E-state index in [1.807, 2.05) is 12.1 Å². The predicted molar refractivity (Wildman–Crippen MR) is 104 cm³/mol. The van der Waals surface area contributed by atoms with Crippen LogP contribution in [-0.4, -0.2) is 61.6 Å². The van der Waals surface area contributed by atoms with Crippen LogP contribution in [0.25, 0.3) is 0 Å². The van der Waals surface area contributed by atoms with Gasteiger partial charge in [0.15, 0.2) is 5.76 Å². The first-order valence-electron chi connectivity index (χ1n) is 10.0. The van der Waals surface area contributed by atoms with Crippen molar-refractivity contribution in [2.24, 2.45) is 5.92 Å². The Morgan fingerprint density at radius 1 is 1.00 bits per heavy atom. The number of hydrogen-bond donors (Lipinski definition) is 0. The standard InChI is InChI=1S/C22H26N2O4/c1-26-16-5-3-14(4-6-16)17-13-24(22(25)18-7-8-19(27-2)28-18)20-15-9-11-23(12-10-15)21(17)20/h3-8,15,17,20-21H,9-13H2,1-2H3/t17-,20+,21+/m1/s1. The van der Waals surface area contributed by atoms with Gasteiger partial charge in [-0.25, -0.2) is 0 Å². The van der Waals surface area contributed by atoms with Crippen molar-refractivity contribution in [3.8, 4) is 11.7 Å². The molecule has 0 unspecified atom stereocenters. The van der Waals surface area contributed by atoms with Gasteiger partial charge >= 0.3 is 0 Å². The number of carbonyl (C=O) groups excluding carboxylic acids is 1. The molecule has 5 heterocycles. The van der Waals surface area contributed by atoms with E-state index in [9.17, 15) is 4.79 Å². The second-order valence-corrected chi connectivity index (χ2v) is 8.01. The maximum Gasteiger partial charge on any atom is 0.290 e. The van der Waals surface area contributed by atoms with E-state index in [1.54, 1.807) is 26.4 Å². The Kier molecular flexibility index (Phi) is 4.31. The first kappa shape index (κ1) is 17.6. The second kappa shape index (κ2) is 6.85. The molecule has 2 aromatic rings. The third-order valence-corrected chi connectivity index (χ3v) is 6.79. The monoisotopic (exact) mass is 382 g/mol. The molecular weight excluding hydrogens is 356 g/mol. The van der Waals surface area contributed by atoms with Crippen LogP contribution in [0.2, 0.25) is 0 Å². The highest BCUT2D eigenvalue weighted by Gasteiger charge is 2.55. The van der Waals surface area contributed by atoms with Gasteiger partial charge in [-0.15, -0.1) is 0 Å². The van der Waals surface area contributed by atoms with Gasteiger partial charge in [-0.1, -0.05) is 12.1 Å². The summed E-state index contributed by atoms with van der Waals surface area (Å²) in [7, 11) is 3.23. The molecule has 0 radical (unpaired) electrons. The van der Waals surface area contributed by atoms with Crippen LogP contribution in [-0.2, 0) is 0 Å². The molecule has 6 nitrogen and oxygen atoms in total. The van der Waals surface area contributed by atoms with Crippen LogP contribution in [0.5, 0.6) is 11.7 Å². The SMILES string of the molecule is COc1ccc([C@H]2CN(C(=O)c3ccc(OC)o3)[C@H]3C4CCN(CC4)[C@@H]23)cc1. The van der Waals surface area contributed by atoms with Crippen LogP contribution in [0.1, 0.15) is 34.9 Å². The first-order valence-corrected chi connectivity index (χ1v) is 10.0. The number of likely N-dealkylation sites (tertiary alicyclic amines) is 1. The summed E-state index contributed by atoms with van der Waals surface area (Å²) in [6, 6.07) is 12.4. The Labute approximate surface area is 165 Å². The fourth-order valence-corrected chi connectivity index (χ4v) is 5.49. The lowest BCUT2D eigenvalue weighted by molar-refractivity contribution is -0.00439. The fourth-order valence-electron chi connectivity index (χ4n) is 5.49. The van der Waals surface area contributed by atoms with Gasteiger partial charge in [-0.2, -0.15) is 0 Å². The lowest BCUT2D eigenvalue weighted by Gasteiger charge is -2.51. The lowest BCUT2D eigenvalue weighted by atomic mass is 9.75. The van der Waals surface area contributed by atoms with Gasteiger partial charge in [0.25, 0.3) is 11.9 Å². The van der Waals surface area contributed by atoms with Crippen molar-refractivity contribution in [1.29, 1.82) is 0 Å². The van der Waals surface area contributed by atoms with Gasteiger partial charge in [0.05, 0.1) is 20.3 Å². The van der Waals surface area contributed by atoms with Crippen LogP contribution >= 0.6 is 0 Å². The minimum Gasteiger partial charge on any atom is -0.497 e. The maximum atomic E-state index is 13.3. The van der Waals surface area contributed by atoms with Crippen LogP contribution in [0, 0.1) is 5.92 Å². The number of piperidine rings is 3. The number of furan rings is 1. The van der Waals surface area contributed by atoms with E-state index in [0.29, 0.717) is 29.6 Å². The molecule has 4 aliphatic rings. The summed E-state index contributed by atoms with van der Waals surface area (Å²) in [6.45, 7) is 2.99. The highest BCUT2D eigenvalue weighted by molar-refractivity contribution is 5.92. The number of benzene rings is 1. The molecule has 4 fully saturated rings. The molecule has 6 rings (SSSR count). The number of nitrogens with zero attached hydrogens (tertiary/aromatic N) is 2. The molecule has 148 valence electrons. The van der Waals surface area contributed by atoms with Crippen molar-refractivity contribution in [3.05, 3.63) is 47.7 Å². The molecule has 0 saturated carbocycles. The van der Waals surface area contributed by atoms with Crippen molar-refractivity contribution in [1.82, 2.24) is 9.80 Å². The smallest absolute Gasteiger partial charge is 0.290 e. The predicted octanol–water partition coefficient (Wildman–Crippen LogP) is 3.00. The summed E-state index contributed by atoms with van der Waals surface area (Å²) in [5.41, 5.74) is 1.27.